The number of hydrogen-bond donors (Lipinski definition) is 2. The lowest BCUT2D eigenvalue weighted by Gasteiger charge is -2.12. The molecule has 0 fully saturated rings. The van der Waals surface area contributed by atoms with Crippen LogP contribution >= 0.6 is 0 Å². The van der Waals surface area contributed by atoms with Gasteiger partial charge in [0.05, 0.1) is 6.54 Å². The molecule has 1 rings (SSSR count). The van der Waals surface area contributed by atoms with Gasteiger partial charge in [0.25, 0.3) is 0 Å². The van der Waals surface area contributed by atoms with Crippen LogP contribution in [0.4, 0.5) is 0 Å². The fourth-order valence-electron chi connectivity index (χ4n) is 1.46. The van der Waals surface area contributed by atoms with E-state index in [2.05, 4.69) is 5.32 Å². The maximum atomic E-state index is 11.6. The zero-order valence-corrected chi connectivity index (χ0v) is 10.2. The van der Waals surface area contributed by atoms with E-state index in [1.165, 1.54) is 0 Å². The summed E-state index contributed by atoms with van der Waals surface area (Å²) in [6.45, 7) is 3.32. The van der Waals surface area contributed by atoms with E-state index in [4.69, 9.17) is 10.5 Å². The first kappa shape index (κ1) is 13.5. The van der Waals surface area contributed by atoms with Crippen molar-refractivity contribution in [1.29, 1.82) is 0 Å². The van der Waals surface area contributed by atoms with Gasteiger partial charge >= 0.3 is 0 Å². The van der Waals surface area contributed by atoms with E-state index in [0.29, 0.717) is 19.7 Å². The molecule has 4 heteroatoms. The molecule has 94 valence electrons. The molecule has 17 heavy (non-hydrogen) atoms. The fourth-order valence-corrected chi connectivity index (χ4v) is 1.46. The third-order valence-electron chi connectivity index (χ3n) is 2.56. The number of amides is 1. The molecule has 0 radical (unpaired) electrons. The molecule has 0 heterocycles. The van der Waals surface area contributed by atoms with Crippen molar-refractivity contribution in [3.05, 3.63) is 30.3 Å². The van der Waals surface area contributed by atoms with Gasteiger partial charge in [-0.2, -0.15) is 0 Å². The summed E-state index contributed by atoms with van der Waals surface area (Å²) in [5.41, 5.74) is 5.49. The van der Waals surface area contributed by atoms with Gasteiger partial charge in [-0.1, -0.05) is 25.1 Å². The van der Waals surface area contributed by atoms with Crippen molar-refractivity contribution >= 4 is 5.91 Å². The van der Waals surface area contributed by atoms with Gasteiger partial charge in [-0.05, 0) is 18.6 Å². The first-order valence-electron chi connectivity index (χ1n) is 5.93. The number of carbonyl (C=O) groups is 1. The van der Waals surface area contributed by atoms with Crippen LogP contribution < -0.4 is 15.8 Å². The van der Waals surface area contributed by atoms with Crippen molar-refractivity contribution < 1.29 is 9.53 Å². The predicted molar refractivity (Wildman–Crippen MR) is 67.8 cm³/mol. The fraction of sp³-hybridized carbons (Fsp3) is 0.462. The highest BCUT2D eigenvalue weighted by atomic mass is 16.5. The predicted octanol–water partition coefficient (Wildman–Crippen LogP) is 1.17. The SMILES string of the molecule is CCC(CN)C(=O)NCCOc1ccccc1. The second-order valence-corrected chi connectivity index (χ2v) is 3.79. The first-order valence-corrected chi connectivity index (χ1v) is 5.93. The number of para-hydroxylation sites is 1. The van der Waals surface area contributed by atoms with Crippen LogP contribution in [0.2, 0.25) is 0 Å². The molecular weight excluding hydrogens is 216 g/mol. The molecule has 0 spiro atoms. The Labute approximate surface area is 102 Å². The minimum absolute atomic E-state index is 0.00617. The van der Waals surface area contributed by atoms with Crippen molar-refractivity contribution in [3.8, 4) is 5.75 Å². The van der Waals surface area contributed by atoms with E-state index in [1.807, 2.05) is 37.3 Å². The summed E-state index contributed by atoms with van der Waals surface area (Å²) in [4.78, 5) is 11.6. The molecule has 0 saturated heterocycles. The standard InChI is InChI=1S/C13H20N2O2/c1-2-11(10-14)13(16)15-8-9-17-12-6-4-3-5-7-12/h3-7,11H,2,8-10,14H2,1H3,(H,15,16). The molecule has 0 aliphatic carbocycles. The Hall–Kier alpha value is -1.55. The van der Waals surface area contributed by atoms with E-state index >= 15 is 0 Å². The Morgan fingerprint density at radius 2 is 2.12 bits per heavy atom. The Bertz CT molecular complexity index is 323. The summed E-state index contributed by atoms with van der Waals surface area (Å²) >= 11 is 0. The third kappa shape index (κ3) is 4.87. The van der Waals surface area contributed by atoms with Gasteiger partial charge in [0.1, 0.15) is 12.4 Å². The monoisotopic (exact) mass is 236 g/mol. The molecule has 1 atom stereocenters. The van der Waals surface area contributed by atoms with E-state index in [1.54, 1.807) is 0 Å². The molecule has 1 aromatic carbocycles. The van der Waals surface area contributed by atoms with E-state index < -0.39 is 0 Å². The van der Waals surface area contributed by atoms with Crippen molar-refractivity contribution in [2.24, 2.45) is 11.7 Å². The number of ether oxygens (including phenoxy) is 1. The van der Waals surface area contributed by atoms with Crippen LogP contribution in [-0.4, -0.2) is 25.6 Å². The summed E-state index contributed by atoms with van der Waals surface area (Å²) in [6, 6.07) is 9.53. The minimum atomic E-state index is -0.0910. The Morgan fingerprint density at radius 1 is 1.41 bits per heavy atom. The highest BCUT2D eigenvalue weighted by Gasteiger charge is 2.13. The number of nitrogens with one attached hydrogen (secondary N) is 1. The Balaban J connectivity index is 2.18. The Kier molecular flexibility index (Phi) is 6.10. The Morgan fingerprint density at radius 3 is 2.71 bits per heavy atom. The smallest absolute Gasteiger partial charge is 0.224 e. The molecule has 3 N–H and O–H groups in total. The number of benzene rings is 1. The zero-order valence-electron chi connectivity index (χ0n) is 10.2. The number of hydrogen-bond acceptors (Lipinski definition) is 3. The molecule has 1 unspecified atom stereocenters. The van der Waals surface area contributed by atoms with Crippen LogP contribution in [0.5, 0.6) is 5.75 Å². The molecule has 0 bridgehead atoms. The third-order valence-corrected chi connectivity index (χ3v) is 2.56. The summed E-state index contributed by atoms with van der Waals surface area (Å²) in [7, 11) is 0. The maximum absolute atomic E-state index is 11.6. The molecule has 1 amide bonds. The van der Waals surface area contributed by atoms with Gasteiger partial charge in [0.2, 0.25) is 5.91 Å². The highest BCUT2D eigenvalue weighted by Crippen LogP contribution is 2.07. The van der Waals surface area contributed by atoms with Crippen LogP contribution in [0, 0.1) is 5.92 Å². The second kappa shape index (κ2) is 7.68. The lowest BCUT2D eigenvalue weighted by molar-refractivity contribution is -0.124. The van der Waals surface area contributed by atoms with Gasteiger partial charge in [-0.25, -0.2) is 0 Å². The lowest BCUT2D eigenvalue weighted by atomic mass is 10.1. The topological polar surface area (TPSA) is 64.4 Å². The maximum Gasteiger partial charge on any atom is 0.224 e. The largest absolute Gasteiger partial charge is 0.492 e. The van der Waals surface area contributed by atoms with E-state index in [-0.39, 0.29) is 11.8 Å². The molecule has 0 aromatic heterocycles. The van der Waals surface area contributed by atoms with Crippen molar-refractivity contribution in [3.63, 3.8) is 0 Å². The van der Waals surface area contributed by atoms with Crippen LogP contribution in [0.15, 0.2) is 30.3 Å². The second-order valence-electron chi connectivity index (χ2n) is 3.79. The van der Waals surface area contributed by atoms with Gasteiger partial charge in [-0.3, -0.25) is 4.79 Å². The van der Waals surface area contributed by atoms with Crippen LogP contribution in [-0.2, 0) is 4.79 Å². The lowest BCUT2D eigenvalue weighted by Crippen LogP contribution is -2.36. The molecule has 0 saturated carbocycles. The molecular formula is C13H20N2O2. The molecule has 0 aliphatic rings. The average Bonchev–Trinajstić information content (AvgIpc) is 2.37. The van der Waals surface area contributed by atoms with Crippen LogP contribution in [0.25, 0.3) is 0 Å². The molecule has 0 aliphatic heterocycles. The summed E-state index contributed by atoms with van der Waals surface area (Å²) in [5, 5.41) is 2.81. The highest BCUT2D eigenvalue weighted by molar-refractivity contribution is 5.78. The first-order chi connectivity index (χ1) is 8.27. The van der Waals surface area contributed by atoms with Gasteiger partial charge in [0.15, 0.2) is 0 Å². The summed E-state index contributed by atoms with van der Waals surface area (Å²) in [6.07, 6.45) is 0.766. The number of rotatable bonds is 7. The summed E-state index contributed by atoms with van der Waals surface area (Å²) in [5.74, 6) is 0.728. The minimum Gasteiger partial charge on any atom is -0.492 e. The van der Waals surface area contributed by atoms with Gasteiger partial charge in [0, 0.05) is 12.5 Å². The zero-order chi connectivity index (χ0) is 12.5. The average molecular weight is 236 g/mol. The van der Waals surface area contributed by atoms with E-state index in [9.17, 15) is 4.79 Å². The normalized spacial score (nSPS) is 11.9. The molecule has 1 aromatic rings. The molecule has 4 nitrogen and oxygen atoms in total. The van der Waals surface area contributed by atoms with Gasteiger partial charge < -0.3 is 15.8 Å². The van der Waals surface area contributed by atoms with Crippen molar-refractivity contribution in [2.75, 3.05) is 19.7 Å². The summed E-state index contributed by atoms with van der Waals surface area (Å²) < 4.78 is 5.46. The van der Waals surface area contributed by atoms with Gasteiger partial charge in [-0.15, -0.1) is 0 Å². The van der Waals surface area contributed by atoms with E-state index in [0.717, 1.165) is 12.2 Å². The number of carbonyl (C=O) groups excluding carboxylic acids is 1. The van der Waals surface area contributed by atoms with Crippen LogP contribution in [0.3, 0.4) is 0 Å². The number of nitrogens with two attached hydrogens (primary N) is 1. The quantitative estimate of drug-likeness (QED) is 0.698. The van der Waals surface area contributed by atoms with Crippen molar-refractivity contribution in [1.82, 2.24) is 5.32 Å². The van der Waals surface area contributed by atoms with Crippen LogP contribution in [0.1, 0.15) is 13.3 Å². The van der Waals surface area contributed by atoms with Crippen molar-refractivity contribution in [2.45, 2.75) is 13.3 Å².